The lowest BCUT2D eigenvalue weighted by Crippen LogP contribution is -2.30. The summed E-state index contributed by atoms with van der Waals surface area (Å²) >= 11 is 1.53. The highest BCUT2D eigenvalue weighted by atomic mass is 32.2. The molecule has 3 aromatic rings. The molecule has 0 radical (unpaired) electrons. The number of fused-ring (bicyclic) bond motifs is 1. The Morgan fingerprint density at radius 2 is 1.91 bits per heavy atom. The summed E-state index contributed by atoms with van der Waals surface area (Å²) in [6, 6.07) is 12.8. The van der Waals surface area contributed by atoms with Crippen LogP contribution in [0.5, 0.6) is 0 Å². The number of halogens is 3. The van der Waals surface area contributed by atoms with Crippen molar-refractivity contribution < 1.29 is 22.8 Å². The van der Waals surface area contributed by atoms with Crippen LogP contribution in [0.4, 0.5) is 24.7 Å². The lowest BCUT2D eigenvalue weighted by Gasteiger charge is -2.11. The molecule has 7 nitrogen and oxygen atoms in total. The smallest absolute Gasteiger partial charge is 0.325 e. The van der Waals surface area contributed by atoms with Crippen molar-refractivity contribution in [3.8, 4) is 11.3 Å². The summed E-state index contributed by atoms with van der Waals surface area (Å²) in [5.41, 5.74) is 5.75. The van der Waals surface area contributed by atoms with Crippen LogP contribution in [0.2, 0.25) is 0 Å². The summed E-state index contributed by atoms with van der Waals surface area (Å²) in [6.45, 7) is 0. The minimum Gasteiger partial charge on any atom is -0.325 e. The highest BCUT2D eigenvalue weighted by Crippen LogP contribution is 2.32. The SMILES string of the molecule is O=C1CCSc2ccc(C(=O)NNc3ccc(-c4cccc(C(F)(F)F)c4)nn3)cc2N1. The second-order valence-corrected chi connectivity index (χ2v) is 7.96. The molecule has 164 valence electrons. The van der Waals surface area contributed by atoms with E-state index in [1.807, 2.05) is 0 Å². The third kappa shape index (κ3) is 4.99. The third-order valence-corrected chi connectivity index (χ3v) is 5.63. The molecular weight excluding hydrogens is 443 g/mol. The normalized spacial score (nSPS) is 13.5. The second kappa shape index (κ2) is 8.87. The molecule has 11 heteroatoms. The summed E-state index contributed by atoms with van der Waals surface area (Å²) in [6.07, 6.45) is -4.05. The van der Waals surface area contributed by atoms with Gasteiger partial charge in [-0.2, -0.15) is 13.2 Å². The van der Waals surface area contributed by atoms with E-state index in [4.69, 9.17) is 0 Å². The number of carbonyl (C=O) groups excluding carboxylic acids is 2. The Labute approximate surface area is 184 Å². The van der Waals surface area contributed by atoms with Crippen LogP contribution in [-0.4, -0.2) is 27.8 Å². The largest absolute Gasteiger partial charge is 0.416 e. The molecule has 1 aromatic heterocycles. The number of nitrogens with one attached hydrogen (secondary N) is 3. The fraction of sp³-hybridized carbons (Fsp3) is 0.143. The number of benzene rings is 2. The molecule has 0 fully saturated rings. The van der Waals surface area contributed by atoms with Crippen molar-refractivity contribution in [2.24, 2.45) is 0 Å². The van der Waals surface area contributed by atoms with Gasteiger partial charge in [-0.3, -0.25) is 20.4 Å². The Morgan fingerprint density at radius 1 is 1.06 bits per heavy atom. The molecule has 2 aromatic carbocycles. The number of anilines is 2. The van der Waals surface area contributed by atoms with Crippen LogP contribution in [0.3, 0.4) is 0 Å². The molecule has 1 aliphatic heterocycles. The Kier molecular flexibility index (Phi) is 5.99. The van der Waals surface area contributed by atoms with E-state index < -0.39 is 17.6 Å². The molecule has 0 saturated carbocycles. The molecule has 32 heavy (non-hydrogen) atoms. The van der Waals surface area contributed by atoms with E-state index >= 15 is 0 Å². The number of alkyl halides is 3. The summed E-state index contributed by atoms with van der Waals surface area (Å²) in [5, 5.41) is 10.6. The molecule has 0 bridgehead atoms. The quantitative estimate of drug-likeness (QED) is 0.502. The number of hydrazine groups is 1. The van der Waals surface area contributed by atoms with Crippen LogP contribution in [0.1, 0.15) is 22.3 Å². The molecule has 0 atom stereocenters. The van der Waals surface area contributed by atoms with E-state index in [-0.39, 0.29) is 23.0 Å². The van der Waals surface area contributed by atoms with Crippen LogP contribution in [0.25, 0.3) is 11.3 Å². The van der Waals surface area contributed by atoms with E-state index in [1.165, 1.54) is 36.0 Å². The number of nitrogens with zero attached hydrogens (tertiary/aromatic N) is 2. The molecule has 0 unspecified atom stereocenters. The van der Waals surface area contributed by atoms with Crippen molar-refractivity contribution in [3.63, 3.8) is 0 Å². The fourth-order valence-electron chi connectivity index (χ4n) is 2.96. The molecule has 3 N–H and O–H groups in total. The lowest BCUT2D eigenvalue weighted by molar-refractivity contribution is -0.137. The monoisotopic (exact) mass is 459 g/mol. The van der Waals surface area contributed by atoms with Gasteiger partial charge in [-0.15, -0.1) is 22.0 Å². The van der Waals surface area contributed by atoms with Crippen molar-refractivity contribution in [1.82, 2.24) is 15.6 Å². The lowest BCUT2D eigenvalue weighted by atomic mass is 10.1. The van der Waals surface area contributed by atoms with Crippen LogP contribution in [-0.2, 0) is 11.0 Å². The van der Waals surface area contributed by atoms with Gasteiger partial charge >= 0.3 is 6.18 Å². The average molecular weight is 459 g/mol. The maximum Gasteiger partial charge on any atom is 0.416 e. The number of hydrogen-bond donors (Lipinski definition) is 3. The zero-order valence-electron chi connectivity index (χ0n) is 16.4. The molecule has 0 saturated heterocycles. The minimum absolute atomic E-state index is 0.108. The molecule has 0 aliphatic carbocycles. The summed E-state index contributed by atoms with van der Waals surface area (Å²) in [7, 11) is 0. The topological polar surface area (TPSA) is 96.0 Å². The molecule has 4 rings (SSSR count). The van der Waals surface area contributed by atoms with Crippen molar-refractivity contribution in [2.75, 3.05) is 16.5 Å². The number of carbonyl (C=O) groups is 2. The first-order valence-corrected chi connectivity index (χ1v) is 10.4. The van der Waals surface area contributed by atoms with Gasteiger partial charge in [0.25, 0.3) is 5.91 Å². The summed E-state index contributed by atoms with van der Waals surface area (Å²) < 4.78 is 38.7. The number of amides is 2. The molecule has 1 aliphatic rings. The Morgan fingerprint density at radius 3 is 2.66 bits per heavy atom. The van der Waals surface area contributed by atoms with Gasteiger partial charge in [-0.05, 0) is 42.5 Å². The Bertz CT molecular complexity index is 1170. The van der Waals surface area contributed by atoms with Gasteiger partial charge in [0.2, 0.25) is 5.91 Å². The van der Waals surface area contributed by atoms with Gasteiger partial charge in [0.15, 0.2) is 5.82 Å². The molecular formula is C21H16F3N5O2S. The first-order valence-electron chi connectivity index (χ1n) is 9.44. The number of aromatic nitrogens is 2. The predicted molar refractivity (Wildman–Crippen MR) is 114 cm³/mol. The van der Waals surface area contributed by atoms with Gasteiger partial charge < -0.3 is 5.32 Å². The average Bonchev–Trinajstić information content (AvgIpc) is 2.97. The van der Waals surface area contributed by atoms with Crippen LogP contribution < -0.4 is 16.2 Å². The highest BCUT2D eigenvalue weighted by Gasteiger charge is 2.30. The minimum atomic E-state index is -4.45. The number of hydrogen-bond acceptors (Lipinski definition) is 6. The van der Waals surface area contributed by atoms with E-state index in [1.54, 1.807) is 18.2 Å². The molecule has 0 spiro atoms. The standard InChI is InChI=1S/C21H16F3N5O2S/c22-21(23,24)14-3-1-2-12(10-14)15-5-7-18(27-26-15)28-29-20(31)13-4-6-17-16(11-13)25-19(30)8-9-32-17/h1-7,10-11H,8-9H2,(H,25,30)(H,27,28)(H,29,31). The third-order valence-electron chi connectivity index (χ3n) is 4.56. The summed E-state index contributed by atoms with van der Waals surface area (Å²) in [4.78, 5) is 25.1. The Hall–Kier alpha value is -3.60. The first-order chi connectivity index (χ1) is 15.3. The maximum absolute atomic E-state index is 12.9. The van der Waals surface area contributed by atoms with E-state index in [2.05, 4.69) is 26.4 Å². The van der Waals surface area contributed by atoms with Crippen molar-refractivity contribution in [1.29, 1.82) is 0 Å². The fourth-order valence-corrected chi connectivity index (χ4v) is 3.90. The second-order valence-electron chi connectivity index (χ2n) is 6.82. The zero-order valence-corrected chi connectivity index (χ0v) is 17.2. The van der Waals surface area contributed by atoms with Crippen molar-refractivity contribution >= 4 is 35.1 Å². The van der Waals surface area contributed by atoms with E-state index in [9.17, 15) is 22.8 Å². The van der Waals surface area contributed by atoms with Gasteiger partial charge in [-0.1, -0.05) is 12.1 Å². The maximum atomic E-state index is 12.9. The zero-order chi connectivity index (χ0) is 22.7. The van der Waals surface area contributed by atoms with Gasteiger partial charge in [0.1, 0.15) is 0 Å². The van der Waals surface area contributed by atoms with Crippen LogP contribution >= 0.6 is 11.8 Å². The summed E-state index contributed by atoms with van der Waals surface area (Å²) in [5.74, 6) is 0.303. The van der Waals surface area contributed by atoms with Crippen LogP contribution in [0.15, 0.2) is 59.5 Å². The highest BCUT2D eigenvalue weighted by molar-refractivity contribution is 7.99. The van der Waals surface area contributed by atoms with Gasteiger partial charge in [0, 0.05) is 28.2 Å². The molecule has 2 heterocycles. The van der Waals surface area contributed by atoms with Crippen molar-refractivity contribution in [2.45, 2.75) is 17.5 Å². The van der Waals surface area contributed by atoms with Gasteiger partial charge in [0.05, 0.1) is 16.9 Å². The number of rotatable bonds is 4. The van der Waals surface area contributed by atoms with E-state index in [0.717, 1.165) is 17.0 Å². The molecule has 2 amide bonds. The number of thioether (sulfide) groups is 1. The first kappa shape index (κ1) is 21.6. The predicted octanol–water partition coefficient (Wildman–Crippen LogP) is 4.35. The van der Waals surface area contributed by atoms with Gasteiger partial charge in [-0.25, -0.2) is 0 Å². The van der Waals surface area contributed by atoms with Crippen molar-refractivity contribution in [3.05, 3.63) is 65.7 Å². The van der Waals surface area contributed by atoms with Crippen LogP contribution in [0, 0.1) is 0 Å². The Balaban J connectivity index is 1.42. The van der Waals surface area contributed by atoms with E-state index in [0.29, 0.717) is 23.4 Å².